The first kappa shape index (κ1) is 15.8. The zero-order valence-corrected chi connectivity index (χ0v) is 13.4. The van der Waals surface area contributed by atoms with E-state index in [4.69, 9.17) is 4.74 Å². The van der Waals surface area contributed by atoms with Crippen molar-refractivity contribution in [3.63, 3.8) is 0 Å². The van der Waals surface area contributed by atoms with Gasteiger partial charge in [-0.3, -0.25) is 15.0 Å². The standard InChI is InChI=1S/C14H17BrN2O4/c1-2-3-7-21-14(18)16-6-4-5-10-8-13(17(19)20)11(15)9-12(10)16/h8-9H,2-7H2,1H3. The van der Waals surface area contributed by atoms with Gasteiger partial charge in [0.25, 0.3) is 5.69 Å². The third-order valence-electron chi connectivity index (χ3n) is 3.41. The van der Waals surface area contributed by atoms with Crippen molar-refractivity contribution < 1.29 is 14.5 Å². The first-order chi connectivity index (χ1) is 10.0. The van der Waals surface area contributed by atoms with Gasteiger partial charge in [0, 0.05) is 12.6 Å². The van der Waals surface area contributed by atoms with Crippen LogP contribution in [0, 0.1) is 10.1 Å². The lowest BCUT2D eigenvalue weighted by molar-refractivity contribution is -0.385. The molecule has 0 unspecified atom stereocenters. The van der Waals surface area contributed by atoms with E-state index in [9.17, 15) is 14.9 Å². The molecule has 0 aliphatic carbocycles. The highest BCUT2D eigenvalue weighted by Gasteiger charge is 2.27. The van der Waals surface area contributed by atoms with Gasteiger partial charge in [0.2, 0.25) is 0 Å². The molecule has 0 aromatic heterocycles. The molecule has 1 heterocycles. The van der Waals surface area contributed by atoms with Crippen molar-refractivity contribution >= 4 is 33.4 Å². The van der Waals surface area contributed by atoms with Crippen molar-refractivity contribution in [2.75, 3.05) is 18.1 Å². The van der Waals surface area contributed by atoms with E-state index in [0.717, 1.165) is 31.2 Å². The zero-order chi connectivity index (χ0) is 15.4. The maximum Gasteiger partial charge on any atom is 0.414 e. The predicted molar refractivity (Wildman–Crippen MR) is 82.7 cm³/mol. The van der Waals surface area contributed by atoms with E-state index in [1.165, 1.54) is 6.07 Å². The number of nitro benzene ring substituents is 1. The average molecular weight is 357 g/mol. The van der Waals surface area contributed by atoms with E-state index in [1.54, 1.807) is 11.0 Å². The molecule has 21 heavy (non-hydrogen) atoms. The van der Waals surface area contributed by atoms with Gasteiger partial charge in [0.1, 0.15) is 0 Å². The quantitative estimate of drug-likeness (QED) is 0.463. The van der Waals surface area contributed by atoms with E-state index in [-0.39, 0.29) is 11.8 Å². The molecule has 1 aliphatic heterocycles. The molecule has 0 saturated carbocycles. The number of benzene rings is 1. The highest BCUT2D eigenvalue weighted by atomic mass is 79.9. The van der Waals surface area contributed by atoms with Gasteiger partial charge in [-0.2, -0.15) is 0 Å². The minimum absolute atomic E-state index is 0.0231. The third kappa shape index (κ3) is 3.53. The van der Waals surface area contributed by atoms with Crippen molar-refractivity contribution in [2.45, 2.75) is 32.6 Å². The van der Waals surface area contributed by atoms with Gasteiger partial charge < -0.3 is 4.74 Å². The lowest BCUT2D eigenvalue weighted by Gasteiger charge is -2.28. The summed E-state index contributed by atoms with van der Waals surface area (Å²) in [7, 11) is 0. The van der Waals surface area contributed by atoms with Crippen LogP contribution in [0.4, 0.5) is 16.2 Å². The number of unbranched alkanes of at least 4 members (excludes halogenated alkanes) is 1. The molecule has 0 atom stereocenters. The Balaban J connectivity index is 2.24. The van der Waals surface area contributed by atoms with E-state index in [0.29, 0.717) is 23.3 Å². The number of hydrogen-bond donors (Lipinski definition) is 0. The Hall–Kier alpha value is -1.63. The minimum Gasteiger partial charge on any atom is -0.449 e. The number of carbonyl (C=O) groups excluding carboxylic acids is 1. The number of carbonyl (C=O) groups is 1. The number of anilines is 1. The van der Waals surface area contributed by atoms with Crippen LogP contribution in [0.3, 0.4) is 0 Å². The Bertz CT molecular complexity index is 562. The molecule has 0 N–H and O–H groups in total. The summed E-state index contributed by atoms with van der Waals surface area (Å²) in [4.78, 5) is 24.2. The topological polar surface area (TPSA) is 72.7 Å². The van der Waals surface area contributed by atoms with Crippen molar-refractivity contribution in [1.29, 1.82) is 0 Å². The maximum absolute atomic E-state index is 12.1. The van der Waals surface area contributed by atoms with E-state index >= 15 is 0 Å². The van der Waals surface area contributed by atoms with Gasteiger partial charge in [-0.25, -0.2) is 4.79 Å². The second-order valence-corrected chi connectivity index (χ2v) is 5.77. The normalized spacial score (nSPS) is 13.7. The zero-order valence-electron chi connectivity index (χ0n) is 11.8. The number of rotatable bonds is 4. The summed E-state index contributed by atoms with van der Waals surface area (Å²) in [5.41, 5.74) is 1.53. The first-order valence-electron chi connectivity index (χ1n) is 6.95. The second kappa shape index (κ2) is 6.89. The lowest BCUT2D eigenvalue weighted by atomic mass is 10.0. The first-order valence-corrected chi connectivity index (χ1v) is 7.75. The Morgan fingerprint density at radius 2 is 2.29 bits per heavy atom. The summed E-state index contributed by atoms with van der Waals surface area (Å²) in [6, 6.07) is 3.17. The Morgan fingerprint density at radius 1 is 1.52 bits per heavy atom. The fourth-order valence-corrected chi connectivity index (χ4v) is 2.78. The summed E-state index contributed by atoms with van der Waals surface area (Å²) in [6.45, 7) is 3.00. The van der Waals surface area contributed by atoms with Crippen molar-refractivity contribution in [2.24, 2.45) is 0 Å². The van der Waals surface area contributed by atoms with Crippen LogP contribution < -0.4 is 4.90 Å². The van der Waals surface area contributed by atoms with E-state index in [2.05, 4.69) is 15.9 Å². The number of fused-ring (bicyclic) bond motifs is 1. The van der Waals surface area contributed by atoms with Crippen LogP contribution in [0.2, 0.25) is 0 Å². The molecule has 6 nitrogen and oxygen atoms in total. The molecule has 7 heteroatoms. The molecule has 2 rings (SSSR count). The summed E-state index contributed by atoms with van der Waals surface area (Å²) in [5.74, 6) is 0. The van der Waals surface area contributed by atoms with Gasteiger partial charge in [0.05, 0.1) is 21.7 Å². The number of nitrogens with zero attached hydrogens (tertiary/aromatic N) is 2. The van der Waals surface area contributed by atoms with Gasteiger partial charge >= 0.3 is 6.09 Å². The molecular weight excluding hydrogens is 340 g/mol. The van der Waals surface area contributed by atoms with Crippen LogP contribution in [0.5, 0.6) is 0 Å². The highest BCUT2D eigenvalue weighted by molar-refractivity contribution is 9.10. The van der Waals surface area contributed by atoms with E-state index in [1.807, 2.05) is 6.92 Å². The average Bonchev–Trinajstić information content (AvgIpc) is 2.45. The molecule has 114 valence electrons. The number of aryl methyl sites for hydroxylation is 1. The maximum atomic E-state index is 12.1. The summed E-state index contributed by atoms with van der Waals surface area (Å²) < 4.78 is 5.61. The molecule has 0 fully saturated rings. The molecule has 1 aromatic carbocycles. The van der Waals surface area contributed by atoms with Crippen LogP contribution in [0.1, 0.15) is 31.7 Å². The monoisotopic (exact) mass is 356 g/mol. The van der Waals surface area contributed by atoms with E-state index < -0.39 is 4.92 Å². The van der Waals surface area contributed by atoms with Crippen LogP contribution in [0.25, 0.3) is 0 Å². The molecule has 1 aromatic rings. The molecule has 0 saturated heterocycles. The van der Waals surface area contributed by atoms with Crippen LogP contribution in [-0.4, -0.2) is 24.2 Å². The van der Waals surface area contributed by atoms with Crippen LogP contribution >= 0.6 is 15.9 Å². The van der Waals surface area contributed by atoms with Crippen molar-refractivity contribution in [1.82, 2.24) is 0 Å². The van der Waals surface area contributed by atoms with Crippen molar-refractivity contribution in [3.05, 3.63) is 32.3 Å². The van der Waals surface area contributed by atoms with Crippen LogP contribution in [-0.2, 0) is 11.2 Å². The van der Waals surface area contributed by atoms with Crippen LogP contribution in [0.15, 0.2) is 16.6 Å². The second-order valence-electron chi connectivity index (χ2n) is 4.91. The third-order valence-corrected chi connectivity index (χ3v) is 4.04. The molecule has 0 bridgehead atoms. The van der Waals surface area contributed by atoms with Gasteiger partial charge in [-0.05, 0) is 46.8 Å². The van der Waals surface area contributed by atoms with Gasteiger partial charge in [-0.15, -0.1) is 0 Å². The van der Waals surface area contributed by atoms with Crippen molar-refractivity contribution in [3.8, 4) is 0 Å². The largest absolute Gasteiger partial charge is 0.449 e. The predicted octanol–water partition coefficient (Wildman–Crippen LogP) is 4.05. The number of halogens is 1. The minimum atomic E-state index is -0.428. The fraction of sp³-hybridized carbons (Fsp3) is 0.500. The highest BCUT2D eigenvalue weighted by Crippen LogP contribution is 2.36. The summed E-state index contributed by atoms with van der Waals surface area (Å²) in [5, 5.41) is 11.0. The SMILES string of the molecule is CCCCOC(=O)N1CCCc2cc([N+](=O)[O-])c(Br)cc21. The molecular formula is C14H17BrN2O4. The van der Waals surface area contributed by atoms with Gasteiger partial charge in [-0.1, -0.05) is 13.3 Å². The number of ether oxygens (including phenoxy) is 1. The lowest BCUT2D eigenvalue weighted by Crippen LogP contribution is -2.36. The summed E-state index contributed by atoms with van der Waals surface area (Å²) >= 11 is 3.20. The Kier molecular flexibility index (Phi) is 5.17. The summed E-state index contributed by atoms with van der Waals surface area (Å²) in [6.07, 6.45) is 2.90. The molecule has 0 spiro atoms. The Labute approximate surface area is 131 Å². The molecule has 0 radical (unpaired) electrons. The smallest absolute Gasteiger partial charge is 0.414 e. The molecule has 1 amide bonds. The molecule has 1 aliphatic rings. The number of hydrogen-bond acceptors (Lipinski definition) is 4. The number of nitro groups is 1. The van der Waals surface area contributed by atoms with Gasteiger partial charge in [0.15, 0.2) is 0 Å². The Morgan fingerprint density at radius 3 is 2.95 bits per heavy atom. The fourth-order valence-electron chi connectivity index (χ4n) is 2.31. The number of amides is 1.